The lowest BCUT2D eigenvalue weighted by Crippen LogP contribution is -2.34. The molecule has 3 nitrogen and oxygen atoms in total. The van der Waals surface area contributed by atoms with E-state index in [2.05, 4.69) is 15.9 Å². The number of benzene rings is 1. The standard InChI is InChI=1S/C11H13BrFNO2/c1-11(2,14)4-6-3-7-10(16-5-15-7)8(12)9(6)13/h3H,4-5,14H2,1-2H3. The maximum atomic E-state index is 13.9. The van der Waals surface area contributed by atoms with Gasteiger partial charge in [-0.1, -0.05) is 0 Å². The molecule has 1 aliphatic heterocycles. The molecular formula is C11H13BrFNO2. The van der Waals surface area contributed by atoms with Crippen molar-refractivity contribution < 1.29 is 13.9 Å². The molecule has 0 unspecified atom stereocenters. The van der Waals surface area contributed by atoms with Crippen molar-refractivity contribution in [2.75, 3.05) is 6.79 Å². The van der Waals surface area contributed by atoms with Gasteiger partial charge in [-0.2, -0.15) is 0 Å². The quantitative estimate of drug-likeness (QED) is 0.910. The molecule has 5 heteroatoms. The molecule has 0 radical (unpaired) electrons. The maximum Gasteiger partial charge on any atom is 0.231 e. The van der Waals surface area contributed by atoms with E-state index in [1.54, 1.807) is 6.07 Å². The SMILES string of the molecule is CC(C)(N)Cc1cc2c(c(Br)c1F)OCO2. The number of hydrogen-bond acceptors (Lipinski definition) is 3. The van der Waals surface area contributed by atoms with Crippen LogP contribution in [-0.2, 0) is 6.42 Å². The summed E-state index contributed by atoms with van der Waals surface area (Å²) < 4.78 is 24.6. The number of ether oxygens (including phenoxy) is 2. The summed E-state index contributed by atoms with van der Waals surface area (Å²) in [5, 5.41) is 0. The van der Waals surface area contributed by atoms with E-state index >= 15 is 0 Å². The van der Waals surface area contributed by atoms with Gasteiger partial charge in [0.15, 0.2) is 11.5 Å². The molecule has 0 aromatic heterocycles. The first-order chi connectivity index (χ1) is 7.38. The Bertz CT molecular complexity index is 429. The highest BCUT2D eigenvalue weighted by Crippen LogP contribution is 2.42. The van der Waals surface area contributed by atoms with Crippen LogP contribution in [0.4, 0.5) is 4.39 Å². The lowest BCUT2D eigenvalue weighted by molar-refractivity contribution is 0.173. The van der Waals surface area contributed by atoms with E-state index in [9.17, 15) is 4.39 Å². The van der Waals surface area contributed by atoms with Crippen molar-refractivity contribution in [2.24, 2.45) is 5.73 Å². The Morgan fingerprint density at radius 1 is 1.50 bits per heavy atom. The van der Waals surface area contributed by atoms with Crippen molar-refractivity contribution in [2.45, 2.75) is 25.8 Å². The molecule has 0 saturated heterocycles. The van der Waals surface area contributed by atoms with Crippen LogP contribution < -0.4 is 15.2 Å². The number of rotatable bonds is 2. The number of halogens is 2. The van der Waals surface area contributed by atoms with Gasteiger partial charge in [0.2, 0.25) is 6.79 Å². The maximum absolute atomic E-state index is 13.9. The first-order valence-electron chi connectivity index (χ1n) is 4.94. The Morgan fingerprint density at radius 3 is 2.81 bits per heavy atom. The molecule has 0 aliphatic carbocycles. The van der Waals surface area contributed by atoms with Gasteiger partial charge in [0.05, 0.1) is 4.47 Å². The van der Waals surface area contributed by atoms with E-state index in [-0.39, 0.29) is 12.6 Å². The highest BCUT2D eigenvalue weighted by Gasteiger charge is 2.25. The van der Waals surface area contributed by atoms with Crippen LogP contribution in [0.2, 0.25) is 0 Å². The molecule has 0 spiro atoms. The molecule has 2 N–H and O–H groups in total. The normalized spacial score (nSPS) is 14.3. The fourth-order valence-corrected chi connectivity index (χ4v) is 2.21. The molecule has 1 aromatic rings. The van der Waals surface area contributed by atoms with Crippen molar-refractivity contribution >= 4 is 15.9 Å². The zero-order valence-corrected chi connectivity index (χ0v) is 10.7. The fraction of sp³-hybridized carbons (Fsp3) is 0.455. The summed E-state index contributed by atoms with van der Waals surface area (Å²) in [6, 6.07) is 1.65. The van der Waals surface area contributed by atoms with Gasteiger partial charge in [-0.15, -0.1) is 0 Å². The number of nitrogens with two attached hydrogens (primary N) is 1. The Morgan fingerprint density at radius 2 is 2.19 bits per heavy atom. The summed E-state index contributed by atoms with van der Waals surface area (Å²) >= 11 is 3.17. The molecule has 0 amide bonds. The minimum absolute atomic E-state index is 0.128. The van der Waals surface area contributed by atoms with Gasteiger partial charge in [0.25, 0.3) is 0 Å². The van der Waals surface area contributed by atoms with E-state index in [1.165, 1.54) is 0 Å². The lowest BCUT2D eigenvalue weighted by atomic mass is 9.95. The summed E-state index contributed by atoms with van der Waals surface area (Å²) in [5.41, 5.74) is 5.94. The van der Waals surface area contributed by atoms with Crippen LogP contribution in [0.25, 0.3) is 0 Å². The van der Waals surface area contributed by atoms with Crippen LogP contribution in [-0.4, -0.2) is 12.3 Å². The van der Waals surface area contributed by atoms with Crippen LogP contribution >= 0.6 is 15.9 Å². The first kappa shape index (κ1) is 11.7. The Labute approximate surface area is 102 Å². The van der Waals surface area contributed by atoms with Crippen molar-refractivity contribution in [1.82, 2.24) is 0 Å². The average Bonchev–Trinajstić information content (AvgIpc) is 2.59. The zero-order chi connectivity index (χ0) is 11.9. The number of fused-ring (bicyclic) bond motifs is 1. The van der Waals surface area contributed by atoms with E-state index in [1.807, 2.05) is 13.8 Å². The lowest BCUT2D eigenvalue weighted by Gasteiger charge is -2.19. The van der Waals surface area contributed by atoms with Gasteiger partial charge in [-0.05, 0) is 47.8 Å². The molecule has 88 valence electrons. The molecule has 16 heavy (non-hydrogen) atoms. The molecule has 0 saturated carbocycles. The summed E-state index contributed by atoms with van der Waals surface area (Å²) in [6.07, 6.45) is 0.439. The predicted octanol–water partition coefficient (Wildman–Crippen LogP) is 2.60. The fourth-order valence-electron chi connectivity index (χ4n) is 1.65. The second-order valence-corrected chi connectivity index (χ2v) is 5.36. The van der Waals surface area contributed by atoms with E-state index in [0.29, 0.717) is 28.0 Å². The summed E-state index contributed by atoms with van der Waals surface area (Å²) in [7, 11) is 0. The topological polar surface area (TPSA) is 44.5 Å². The minimum atomic E-state index is -0.464. The molecule has 0 atom stereocenters. The second-order valence-electron chi connectivity index (χ2n) is 4.56. The van der Waals surface area contributed by atoms with Gasteiger partial charge >= 0.3 is 0 Å². The third kappa shape index (κ3) is 2.15. The van der Waals surface area contributed by atoms with Crippen molar-refractivity contribution in [3.63, 3.8) is 0 Å². The third-order valence-corrected chi connectivity index (χ3v) is 2.98. The molecule has 1 aliphatic rings. The monoisotopic (exact) mass is 289 g/mol. The molecule has 1 aromatic carbocycles. The minimum Gasteiger partial charge on any atom is -0.454 e. The molecule has 0 bridgehead atoms. The molecule has 0 fully saturated rings. The Kier molecular flexibility index (Phi) is 2.84. The first-order valence-corrected chi connectivity index (χ1v) is 5.73. The van der Waals surface area contributed by atoms with E-state index < -0.39 is 5.54 Å². The predicted molar refractivity (Wildman–Crippen MR) is 62.2 cm³/mol. The molecule has 2 rings (SSSR count). The average molecular weight is 290 g/mol. The highest BCUT2D eigenvalue weighted by atomic mass is 79.9. The van der Waals surface area contributed by atoms with Crippen molar-refractivity contribution in [3.05, 3.63) is 21.9 Å². The van der Waals surface area contributed by atoms with Crippen LogP contribution in [0.1, 0.15) is 19.4 Å². The van der Waals surface area contributed by atoms with E-state index in [4.69, 9.17) is 15.2 Å². The van der Waals surface area contributed by atoms with Crippen LogP contribution in [0, 0.1) is 5.82 Å². The highest BCUT2D eigenvalue weighted by molar-refractivity contribution is 9.10. The zero-order valence-electron chi connectivity index (χ0n) is 9.14. The van der Waals surface area contributed by atoms with E-state index in [0.717, 1.165) is 0 Å². The number of hydrogen-bond donors (Lipinski definition) is 1. The third-order valence-electron chi connectivity index (χ3n) is 2.27. The molecule has 1 heterocycles. The molecular weight excluding hydrogens is 277 g/mol. The van der Waals surface area contributed by atoms with Crippen molar-refractivity contribution in [1.29, 1.82) is 0 Å². The van der Waals surface area contributed by atoms with Crippen LogP contribution in [0.3, 0.4) is 0 Å². The van der Waals surface area contributed by atoms with Crippen LogP contribution in [0.5, 0.6) is 11.5 Å². The Hall–Kier alpha value is -0.810. The summed E-state index contributed by atoms with van der Waals surface area (Å²) in [4.78, 5) is 0. The van der Waals surface area contributed by atoms with Crippen molar-refractivity contribution in [3.8, 4) is 11.5 Å². The van der Waals surface area contributed by atoms with Gasteiger partial charge < -0.3 is 15.2 Å². The Balaban J connectivity index is 2.44. The smallest absolute Gasteiger partial charge is 0.231 e. The van der Waals surface area contributed by atoms with Gasteiger partial charge in [-0.25, -0.2) is 4.39 Å². The van der Waals surface area contributed by atoms with Crippen LogP contribution in [0.15, 0.2) is 10.5 Å². The largest absolute Gasteiger partial charge is 0.454 e. The second kappa shape index (κ2) is 3.89. The summed E-state index contributed by atoms with van der Waals surface area (Å²) in [5.74, 6) is 0.659. The van der Waals surface area contributed by atoms with Gasteiger partial charge in [-0.3, -0.25) is 0 Å². The summed E-state index contributed by atoms with van der Waals surface area (Å²) in [6.45, 7) is 3.83. The van der Waals surface area contributed by atoms with Gasteiger partial charge in [0.1, 0.15) is 5.82 Å². The van der Waals surface area contributed by atoms with Gasteiger partial charge in [0, 0.05) is 5.54 Å².